The van der Waals surface area contributed by atoms with Crippen LogP contribution < -0.4 is 0 Å². The van der Waals surface area contributed by atoms with Crippen molar-refractivity contribution in [2.45, 2.75) is 6.10 Å². The summed E-state index contributed by atoms with van der Waals surface area (Å²) in [5.41, 5.74) is 1.27. The molecule has 0 saturated heterocycles. The standard InChI is InChI=1S/C14H14O3/c1-17-14(10-6-2-4-8-12(10)15)11-7-3-5-9-13(11)16/h2-9,14-16H,1H3. The van der Waals surface area contributed by atoms with E-state index in [1.165, 1.54) is 0 Å². The topological polar surface area (TPSA) is 49.7 Å². The molecule has 3 heteroatoms. The van der Waals surface area contributed by atoms with Crippen molar-refractivity contribution < 1.29 is 14.9 Å². The number of benzene rings is 2. The Kier molecular flexibility index (Phi) is 3.30. The predicted molar refractivity (Wildman–Crippen MR) is 65.1 cm³/mol. The van der Waals surface area contributed by atoms with Crippen molar-refractivity contribution in [1.82, 2.24) is 0 Å². The van der Waals surface area contributed by atoms with Gasteiger partial charge in [-0.3, -0.25) is 0 Å². The van der Waals surface area contributed by atoms with Crippen LogP contribution in [-0.2, 0) is 4.74 Å². The molecule has 0 aromatic heterocycles. The van der Waals surface area contributed by atoms with E-state index in [-0.39, 0.29) is 11.5 Å². The third-order valence-electron chi connectivity index (χ3n) is 2.67. The minimum Gasteiger partial charge on any atom is -0.508 e. The molecule has 2 N–H and O–H groups in total. The zero-order chi connectivity index (χ0) is 12.3. The largest absolute Gasteiger partial charge is 0.508 e. The molecule has 0 fully saturated rings. The van der Waals surface area contributed by atoms with Crippen molar-refractivity contribution in [3.05, 3.63) is 59.7 Å². The number of ether oxygens (including phenoxy) is 1. The Morgan fingerprint density at radius 1 is 0.824 bits per heavy atom. The molecule has 2 aromatic carbocycles. The average molecular weight is 230 g/mol. The SMILES string of the molecule is COC(c1ccccc1O)c1ccccc1O. The normalized spacial score (nSPS) is 10.7. The van der Waals surface area contributed by atoms with Crippen LogP contribution >= 0.6 is 0 Å². The summed E-state index contributed by atoms with van der Waals surface area (Å²) >= 11 is 0. The number of para-hydroxylation sites is 2. The average Bonchev–Trinajstić information content (AvgIpc) is 2.34. The van der Waals surface area contributed by atoms with Crippen molar-refractivity contribution in [3.8, 4) is 11.5 Å². The van der Waals surface area contributed by atoms with Gasteiger partial charge in [-0.2, -0.15) is 0 Å². The number of phenolic OH excluding ortho intramolecular Hbond substituents is 2. The monoisotopic (exact) mass is 230 g/mol. The highest BCUT2D eigenvalue weighted by atomic mass is 16.5. The van der Waals surface area contributed by atoms with Crippen LogP contribution in [0.1, 0.15) is 17.2 Å². The molecule has 0 heterocycles. The molecular weight excluding hydrogens is 216 g/mol. The van der Waals surface area contributed by atoms with Gasteiger partial charge in [-0.15, -0.1) is 0 Å². The maximum atomic E-state index is 9.80. The van der Waals surface area contributed by atoms with Gasteiger partial charge in [0.05, 0.1) is 0 Å². The van der Waals surface area contributed by atoms with E-state index in [2.05, 4.69) is 0 Å². The lowest BCUT2D eigenvalue weighted by molar-refractivity contribution is 0.131. The third-order valence-corrected chi connectivity index (χ3v) is 2.67. The second-order valence-electron chi connectivity index (χ2n) is 3.73. The van der Waals surface area contributed by atoms with Gasteiger partial charge in [0.1, 0.15) is 17.6 Å². The summed E-state index contributed by atoms with van der Waals surface area (Å²) < 4.78 is 5.36. The number of phenols is 2. The lowest BCUT2D eigenvalue weighted by Crippen LogP contribution is -2.04. The molecule has 0 saturated carbocycles. The fraction of sp³-hybridized carbons (Fsp3) is 0.143. The summed E-state index contributed by atoms with van der Waals surface area (Å²) in [6, 6.07) is 13.9. The summed E-state index contributed by atoms with van der Waals surface area (Å²) in [5.74, 6) is 0.310. The van der Waals surface area contributed by atoms with Gasteiger partial charge in [0.15, 0.2) is 0 Å². The van der Waals surface area contributed by atoms with Crippen LogP contribution in [0, 0.1) is 0 Å². The van der Waals surface area contributed by atoms with Crippen molar-refractivity contribution in [2.75, 3.05) is 7.11 Å². The summed E-state index contributed by atoms with van der Waals surface area (Å²) in [6.45, 7) is 0. The molecule has 0 aliphatic heterocycles. The van der Waals surface area contributed by atoms with E-state index in [9.17, 15) is 10.2 Å². The van der Waals surface area contributed by atoms with E-state index in [4.69, 9.17) is 4.74 Å². The van der Waals surface area contributed by atoms with Gasteiger partial charge < -0.3 is 14.9 Å². The molecule has 0 aliphatic rings. The fourth-order valence-electron chi connectivity index (χ4n) is 1.84. The van der Waals surface area contributed by atoms with E-state index in [1.54, 1.807) is 43.5 Å². The van der Waals surface area contributed by atoms with Gasteiger partial charge in [0.25, 0.3) is 0 Å². The van der Waals surface area contributed by atoms with Crippen molar-refractivity contribution in [3.63, 3.8) is 0 Å². The number of hydrogen-bond donors (Lipinski definition) is 2. The fourth-order valence-corrected chi connectivity index (χ4v) is 1.84. The Morgan fingerprint density at radius 3 is 1.59 bits per heavy atom. The highest BCUT2D eigenvalue weighted by Gasteiger charge is 2.19. The smallest absolute Gasteiger partial charge is 0.121 e. The van der Waals surface area contributed by atoms with Gasteiger partial charge in [0.2, 0.25) is 0 Å². The minimum absolute atomic E-state index is 0.155. The maximum Gasteiger partial charge on any atom is 0.121 e. The van der Waals surface area contributed by atoms with Gasteiger partial charge in [0, 0.05) is 18.2 Å². The van der Waals surface area contributed by atoms with E-state index in [0.717, 1.165) is 0 Å². The van der Waals surface area contributed by atoms with E-state index in [1.807, 2.05) is 12.1 Å². The van der Waals surface area contributed by atoms with Gasteiger partial charge >= 0.3 is 0 Å². The molecule has 0 aliphatic carbocycles. The molecule has 0 amide bonds. The minimum atomic E-state index is -0.475. The Bertz CT molecular complexity index is 463. The van der Waals surface area contributed by atoms with Crippen molar-refractivity contribution in [2.24, 2.45) is 0 Å². The highest BCUT2D eigenvalue weighted by Crippen LogP contribution is 2.35. The van der Waals surface area contributed by atoms with Crippen LogP contribution in [0.25, 0.3) is 0 Å². The quantitative estimate of drug-likeness (QED) is 0.852. The predicted octanol–water partition coefficient (Wildman–Crippen LogP) is 2.83. The molecular formula is C14H14O3. The van der Waals surface area contributed by atoms with Crippen LogP contribution in [-0.4, -0.2) is 17.3 Å². The second-order valence-corrected chi connectivity index (χ2v) is 3.73. The Morgan fingerprint density at radius 2 is 1.24 bits per heavy atom. The summed E-state index contributed by atoms with van der Waals surface area (Å²) in [5, 5.41) is 19.6. The lowest BCUT2D eigenvalue weighted by Gasteiger charge is -2.18. The Labute approximate surface area is 99.9 Å². The zero-order valence-corrected chi connectivity index (χ0v) is 9.50. The van der Waals surface area contributed by atoms with Gasteiger partial charge in [-0.25, -0.2) is 0 Å². The first-order valence-electron chi connectivity index (χ1n) is 5.32. The first kappa shape index (κ1) is 11.5. The third kappa shape index (κ3) is 2.24. The molecule has 2 aromatic rings. The van der Waals surface area contributed by atoms with Crippen LogP contribution in [0.15, 0.2) is 48.5 Å². The number of rotatable bonds is 3. The van der Waals surface area contributed by atoms with E-state index in [0.29, 0.717) is 11.1 Å². The van der Waals surface area contributed by atoms with Gasteiger partial charge in [-0.05, 0) is 12.1 Å². The molecule has 0 unspecified atom stereocenters. The van der Waals surface area contributed by atoms with E-state index >= 15 is 0 Å². The molecule has 0 atom stereocenters. The molecule has 3 nitrogen and oxygen atoms in total. The second kappa shape index (κ2) is 4.89. The maximum absolute atomic E-state index is 9.80. The highest BCUT2D eigenvalue weighted by molar-refractivity contribution is 5.44. The van der Waals surface area contributed by atoms with E-state index < -0.39 is 6.10 Å². The van der Waals surface area contributed by atoms with Crippen molar-refractivity contribution in [1.29, 1.82) is 0 Å². The summed E-state index contributed by atoms with van der Waals surface area (Å²) in [7, 11) is 1.55. The van der Waals surface area contributed by atoms with Crippen LogP contribution in [0.3, 0.4) is 0 Å². The summed E-state index contributed by atoms with van der Waals surface area (Å²) in [6.07, 6.45) is -0.475. The molecule has 0 bridgehead atoms. The number of hydrogen-bond acceptors (Lipinski definition) is 3. The summed E-state index contributed by atoms with van der Waals surface area (Å²) in [4.78, 5) is 0. The van der Waals surface area contributed by atoms with Crippen LogP contribution in [0.2, 0.25) is 0 Å². The molecule has 88 valence electrons. The van der Waals surface area contributed by atoms with Gasteiger partial charge in [-0.1, -0.05) is 36.4 Å². The van der Waals surface area contributed by atoms with Crippen LogP contribution in [0.5, 0.6) is 11.5 Å². The lowest BCUT2D eigenvalue weighted by atomic mass is 10.00. The van der Waals surface area contributed by atoms with Crippen LogP contribution in [0.4, 0.5) is 0 Å². The number of aromatic hydroxyl groups is 2. The molecule has 0 radical (unpaired) electrons. The molecule has 0 spiro atoms. The first-order chi connectivity index (χ1) is 8.24. The molecule has 17 heavy (non-hydrogen) atoms. The van der Waals surface area contributed by atoms with Crippen molar-refractivity contribution >= 4 is 0 Å². The first-order valence-corrected chi connectivity index (χ1v) is 5.32. The zero-order valence-electron chi connectivity index (χ0n) is 9.50. The Hall–Kier alpha value is -2.00. The molecule has 2 rings (SSSR count). The number of methoxy groups -OCH3 is 1. The Balaban J connectivity index is 2.48.